The number of thioether (sulfide) groups is 2. The van der Waals surface area contributed by atoms with E-state index >= 15 is 0 Å². The van der Waals surface area contributed by atoms with Crippen LogP contribution in [0.25, 0.3) is 0 Å². The van der Waals surface area contributed by atoms with E-state index in [0.717, 1.165) is 6.42 Å². The highest BCUT2D eigenvalue weighted by molar-refractivity contribution is 8.03. The summed E-state index contributed by atoms with van der Waals surface area (Å²) in [5.74, 6) is 0. The van der Waals surface area contributed by atoms with Gasteiger partial charge in [-0.15, -0.1) is 11.8 Å². The van der Waals surface area contributed by atoms with Crippen molar-refractivity contribution in [1.82, 2.24) is 0 Å². The largest absolute Gasteiger partial charge is 0.120 e. The van der Waals surface area contributed by atoms with Crippen molar-refractivity contribution < 1.29 is 0 Å². The van der Waals surface area contributed by atoms with E-state index in [4.69, 9.17) is 0 Å². The smallest absolute Gasteiger partial charge is 0.0185 e. The number of rotatable bonds is 6. The summed E-state index contributed by atoms with van der Waals surface area (Å²) in [6.45, 7) is 6.81. The fourth-order valence-electron chi connectivity index (χ4n) is 1.95. The molecule has 0 aromatic heterocycles. The molecule has 110 valence electrons. The summed E-state index contributed by atoms with van der Waals surface area (Å²) in [5, 5.41) is 0. The van der Waals surface area contributed by atoms with Gasteiger partial charge in [-0.3, -0.25) is 0 Å². The molecule has 2 heteroatoms. The second-order valence-electron chi connectivity index (χ2n) is 5.61. The molecule has 0 heterocycles. The third kappa shape index (κ3) is 6.03. The minimum absolute atomic E-state index is 0.208. The van der Waals surface area contributed by atoms with Gasteiger partial charge >= 0.3 is 0 Å². The van der Waals surface area contributed by atoms with Crippen molar-refractivity contribution in [3.05, 3.63) is 71.6 Å². The third-order valence-corrected chi connectivity index (χ3v) is 5.26. The summed E-state index contributed by atoms with van der Waals surface area (Å²) < 4.78 is 0.208. The maximum Gasteiger partial charge on any atom is 0.0185 e. The lowest BCUT2D eigenvalue weighted by atomic mass is 10.1. The summed E-state index contributed by atoms with van der Waals surface area (Å²) in [6, 6.07) is 21.2. The Morgan fingerprint density at radius 1 is 0.905 bits per heavy atom. The molecule has 0 N–H and O–H groups in total. The van der Waals surface area contributed by atoms with Gasteiger partial charge in [-0.05, 0) is 42.5 Å². The average Bonchev–Trinajstić information content (AvgIpc) is 2.47. The molecule has 0 amide bonds. The maximum absolute atomic E-state index is 2.35. The number of allylic oxidation sites excluding steroid dienone is 2. The highest BCUT2D eigenvalue weighted by atomic mass is 32.2. The van der Waals surface area contributed by atoms with E-state index in [2.05, 4.69) is 87.5 Å². The summed E-state index contributed by atoms with van der Waals surface area (Å²) in [6.07, 6.45) is 3.42. The zero-order chi connectivity index (χ0) is 15.1. The first-order chi connectivity index (χ1) is 10.1. The van der Waals surface area contributed by atoms with Gasteiger partial charge in [0, 0.05) is 14.5 Å². The van der Waals surface area contributed by atoms with Crippen LogP contribution in [0.2, 0.25) is 0 Å². The lowest BCUT2D eigenvalue weighted by Gasteiger charge is -2.22. The van der Waals surface area contributed by atoms with E-state index in [-0.39, 0.29) is 4.75 Å². The van der Waals surface area contributed by atoms with Crippen molar-refractivity contribution in [1.29, 1.82) is 0 Å². The van der Waals surface area contributed by atoms with Gasteiger partial charge in [0.15, 0.2) is 0 Å². The molecule has 0 aliphatic carbocycles. The summed E-state index contributed by atoms with van der Waals surface area (Å²) in [4.78, 5) is 4.01. The monoisotopic (exact) mass is 314 g/mol. The molecule has 2 aromatic carbocycles. The first kappa shape index (κ1) is 16.3. The van der Waals surface area contributed by atoms with Gasteiger partial charge in [-0.1, -0.05) is 68.1 Å². The molecule has 0 radical (unpaired) electrons. The highest BCUT2D eigenvalue weighted by Gasteiger charge is 2.17. The fraction of sp³-hybridized carbons (Fsp3) is 0.263. The van der Waals surface area contributed by atoms with Crippen LogP contribution in [0.1, 0.15) is 27.2 Å². The maximum atomic E-state index is 2.35. The molecule has 0 saturated heterocycles. The normalized spacial score (nSPS) is 12.4. The van der Waals surface area contributed by atoms with E-state index in [0.29, 0.717) is 0 Å². The van der Waals surface area contributed by atoms with Crippen LogP contribution in [0.4, 0.5) is 0 Å². The molecule has 2 rings (SSSR count). The van der Waals surface area contributed by atoms with Gasteiger partial charge in [-0.25, -0.2) is 0 Å². The Labute approximate surface area is 137 Å². The molecule has 0 spiro atoms. The Morgan fingerprint density at radius 2 is 1.43 bits per heavy atom. The van der Waals surface area contributed by atoms with E-state index in [1.165, 1.54) is 14.7 Å². The van der Waals surface area contributed by atoms with Crippen LogP contribution in [0.3, 0.4) is 0 Å². The van der Waals surface area contributed by atoms with E-state index in [1.54, 1.807) is 0 Å². The highest BCUT2D eigenvalue weighted by Crippen LogP contribution is 2.36. The third-order valence-electron chi connectivity index (χ3n) is 3.04. The Kier molecular flexibility index (Phi) is 6.01. The van der Waals surface area contributed by atoms with E-state index in [9.17, 15) is 0 Å². The zero-order valence-corrected chi connectivity index (χ0v) is 14.5. The molecule has 0 saturated carbocycles. The van der Waals surface area contributed by atoms with Gasteiger partial charge in [0.2, 0.25) is 0 Å². The lowest BCUT2D eigenvalue weighted by Crippen LogP contribution is -2.12. The predicted molar refractivity (Wildman–Crippen MR) is 97.1 cm³/mol. The second-order valence-corrected chi connectivity index (χ2v) is 8.71. The van der Waals surface area contributed by atoms with Crippen molar-refractivity contribution >= 4 is 23.5 Å². The molecular formula is C19H22S2. The minimum atomic E-state index is 0.208. The van der Waals surface area contributed by atoms with Crippen molar-refractivity contribution in [2.24, 2.45) is 0 Å². The van der Waals surface area contributed by atoms with Crippen LogP contribution in [0.5, 0.6) is 0 Å². The SMILES string of the molecule is C/C(=C\CC(C)(C)Sc1ccccc1)Sc1ccccc1. The number of hydrogen-bond acceptors (Lipinski definition) is 2. The molecule has 0 fully saturated rings. The van der Waals surface area contributed by atoms with Crippen molar-refractivity contribution in [2.75, 3.05) is 0 Å². The van der Waals surface area contributed by atoms with Gasteiger partial charge in [0.1, 0.15) is 0 Å². The van der Waals surface area contributed by atoms with Crippen molar-refractivity contribution in [3.8, 4) is 0 Å². The lowest BCUT2D eigenvalue weighted by molar-refractivity contribution is 0.725. The van der Waals surface area contributed by atoms with Crippen LogP contribution >= 0.6 is 23.5 Å². The van der Waals surface area contributed by atoms with Crippen LogP contribution in [0.15, 0.2) is 81.4 Å². The number of benzene rings is 2. The Hall–Kier alpha value is -1.12. The fourth-order valence-corrected chi connectivity index (χ4v) is 3.88. The summed E-state index contributed by atoms with van der Waals surface area (Å²) in [7, 11) is 0. The Bertz CT molecular complexity index is 571. The van der Waals surface area contributed by atoms with Crippen LogP contribution in [-0.2, 0) is 0 Å². The van der Waals surface area contributed by atoms with Gasteiger partial charge < -0.3 is 0 Å². The Morgan fingerprint density at radius 3 is 2.00 bits per heavy atom. The quantitative estimate of drug-likeness (QED) is 0.548. The molecule has 0 atom stereocenters. The zero-order valence-electron chi connectivity index (χ0n) is 12.9. The molecule has 0 bridgehead atoms. The van der Waals surface area contributed by atoms with Crippen LogP contribution in [0, 0.1) is 0 Å². The van der Waals surface area contributed by atoms with Gasteiger partial charge in [0.05, 0.1) is 0 Å². The molecule has 0 unspecified atom stereocenters. The molecule has 21 heavy (non-hydrogen) atoms. The molecule has 2 aromatic rings. The standard InChI is InChI=1S/C19H22S2/c1-16(20-17-10-6-4-7-11-17)14-15-19(2,3)21-18-12-8-5-9-13-18/h4-14H,15H2,1-3H3/b16-14+. The first-order valence-corrected chi connectivity index (χ1v) is 8.82. The molecule has 0 aliphatic heterocycles. The second kappa shape index (κ2) is 7.77. The topological polar surface area (TPSA) is 0 Å². The number of hydrogen-bond donors (Lipinski definition) is 0. The summed E-state index contributed by atoms with van der Waals surface area (Å²) in [5.41, 5.74) is 0. The molecular weight excluding hydrogens is 292 g/mol. The van der Waals surface area contributed by atoms with E-state index in [1.807, 2.05) is 23.5 Å². The van der Waals surface area contributed by atoms with Crippen LogP contribution < -0.4 is 0 Å². The first-order valence-electron chi connectivity index (χ1n) is 7.19. The average molecular weight is 315 g/mol. The minimum Gasteiger partial charge on any atom is -0.120 e. The molecule has 0 nitrogen and oxygen atoms in total. The molecule has 0 aliphatic rings. The van der Waals surface area contributed by atoms with Crippen LogP contribution in [-0.4, -0.2) is 4.75 Å². The Balaban J connectivity index is 1.92. The predicted octanol–water partition coefficient (Wildman–Crippen LogP) is 6.64. The van der Waals surface area contributed by atoms with E-state index < -0.39 is 0 Å². The van der Waals surface area contributed by atoms with Gasteiger partial charge in [-0.2, -0.15) is 0 Å². The van der Waals surface area contributed by atoms with Crippen molar-refractivity contribution in [3.63, 3.8) is 0 Å². The van der Waals surface area contributed by atoms with Gasteiger partial charge in [0.25, 0.3) is 0 Å². The summed E-state index contributed by atoms with van der Waals surface area (Å²) >= 11 is 3.78. The van der Waals surface area contributed by atoms with Crippen molar-refractivity contribution in [2.45, 2.75) is 41.7 Å².